The Labute approximate surface area is 138 Å². The maximum absolute atomic E-state index is 12.3. The molecule has 1 fully saturated rings. The quantitative estimate of drug-likeness (QED) is 0.847. The van der Waals surface area contributed by atoms with Crippen molar-refractivity contribution in [1.29, 1.82) is 0 Å². The van der Waals surface area contributed by atoms with E-state index in [1.54, 1.807) is 11.9 Å². The van der Waals surface area contributed by atoms with Gasteiger partial charge in [-0.25, -0.2) is 4.79 Å². The molecule has 1 aliphatic carbocycles. The standard InChI is InChI=1S/C18H28N2O3/c1-4-23-16-9-5-7-14(11-16)13(2)19-18(22)20(3)12-15-8-6-10-17(15)21/h5,7,9,11,13,15,17,21H,4,6,8,10,12H2,1-3H3,(H,19,22). The Hall–Kier alpha value is -1.75. The molecule has 1 aliphatic rings. The first kappa shape index (κ1) is 17.6. The van der Waals surface area contributed by atoms with Crippen LogP contribution in [0.2, 0.25) is 0 Å². The third-order valence-electron chi connectivity index (χ3n) is 4.48. The first-order valence-corrected chi connectivity index (χ1v) is 8.43. The van der Waals surface area contributed by atoms with Gasteiger partial charge in [-0.3, -0.25) is 0 Å². The van der Waals surface area contributed by atoms with E-state index in [4.69, 9.17) is 4.74 Å². The summed E-state index contributed by atoms with van der Waals surface area (Å²) in [6, 6.07) is 7.57. The zero-order valence-electron chi connectivity index (χ0n) is 14.3. The summed E-state index contributed by atoms with van der Waals surface area (Å²) < 4.78 is 5.50. The van der Waals surface area contributed by atoms with Gasteiger partial charge in [0, 0.05) is 19.5 Å². The summed E-state index contributed by atoms with van der Waals surface area (Å²) in [4.78, 5) is 14.0. The lowest BCUT2D eigenvalue weighted by Crippen LogP contribution is -2.42. The van der Waals surface area contributed by atoms with Crippen LogP contribution in [0.15, 0.2) is 24.3 Å². The van der Waals surface area contributed by atoms with Gasteiger partial charge < -0.3 is 20.1 Å². The molecule has 2 amide bonds. The molecule has 1 aromatic carbocycles. The van der Waals surface area contributed by atoms with Crippen molar-refractivity contribution < 1.29 is 14.6 Å². The minimum Gasteiger partial charge on any atom is -0.494 e. The minimum atomic E-state index is -0.273. The van der Waals surface area contributed by atoms with Crippen LogP contribution in [0.3, 0.4) is 0 Å². The summed E-state index contributed by atoms with van der Waals surface area (Å²) in [5.74, 6) is 1.01. The number of hydrogen-bond acceptors (Lipinski definition) is 3. The molecule has 2 rings (SSSR count). The third-order valence-corrected chi connectivity index (χ3v) is 4.48. The molecule has 0 aliphatic heterocycles. The van der Waals surface area contributed by atoms with Gasteiger partial charge in [-0.05, 0) is 44.4 Å². The molecule has 5 heteroatoms. The number of amides is 2. The van der Waals surface area contributed by atoms with Crippen molar-refractivity contribution >= 4 is 6.03 Å². The van der Waals surface area contributed by atoms with Crippen LogP contribution in [-0.2, 0) is 0 Å². The second-order valence-electron chi connectivity index (χ2n) is 6.32. The Morgan fingerprint density at radius 3 is 2.91 bits per heavy atom. The molecule has 5 nitrogen and oxygen atoms in total. The predicted octanol–water partition coefficient (Wildman–Crippen LogP) is 2.95. The number of ether oxygens (including phenoxy) is 1. The van der Waals surface area contributed by atoms with Crippen LogP contribution < -0.4 is 10.1 Å². The molecule has 0 bridgehead atoms. The molecule has 0 aromatic heterocycles. The zero-order valence-corrected chi connectivity index (χ0v) is 14.3. The van der Waals surface area contributed by atoms with Crippen molar-refractivity contribution in [3.8, 4) is 5.75 Å². The number of nitrogens with zero attached hydrogens (tertiary/aromatic N) is 1. The third kappa shape index (κ3) is 4.86. The van der Waals surface area contributed by atoms with Crippen molar-refractivity contribution in [2.75, 3.05) is 20.2 Å². The number of benzene rings is 1. The van der Waals surface area contributed by atoms with E-state index >= 15 is 0 Å². The Bertz CT molecular complexity index is 521. The van der Waals surface area contributed by atoms with Gasteiger partial charge in [-0.1, -0.05) is 18.6 Å². The van der Waals surface area contributed by atoms with E-state index in [1.807, 2.05) is 38.1 Å². The van der Waals surface area contributed by atoms with E-state index < -0.39 is 0 Å². The molecule has 3 unspecified atom stereocenters. The fourth-order valence-electron chi connectivity index (χ4n) is 3.08. The highest BCUT2D eigenvalue weighted by Crippen LogP contribution is 2.26. The van der Waals surface area contributed by atoms with Crippen LogP contribution in [0.1, 0.15) is 44.7 Å². The highest BCUT2D eigenvalue weighted by Gasteiger charge is 2.27. The summed E-state index contributed by atoms with van der Waals surface area (Å²) in [7, 11) is 1.78. The summed E-state index contributed by atoms with van der Waals surface area (Å²) in [5, 5.41) is 12.9. The molecule has 128 valence electrons. The molecule has 0 saturated heterocycles. The molecule has 1 aromatic rings. The molecular formula is C18H28N2O3. The van der Waals surface area contributed by atoms with E-state index in [0.717, 1.165) is 30.6 Å². The topological polar surface area (TPSA) is 61.8 Å². The second kappa shape index (κ2) is 8.20. The zero-order chi connectivity index (χ0) is 16.8. The number of carbonyl (C=O) groups excluding carboxylic acids is 1. The number of hydrogen-bond donors (Lipinski definition) is 2. The van der Waals surface area contributed by atoms with E-state index in [-0.39, 0.29) is 24.1 Å². The Morgan fingerprint density at radius 2 is 2.26 bits per heavy atom. The molecule has 0 radical (unpaired) electrons. The maximum atomic E-state index is 12.3. The number of aliphatic hydroxyl groups excluding tert-OH is 1. The van der Waals surface area contributed by atoms with Gasteiger partial charge >= 0.3 is 6.03 Å². The number of carbonyl (C=O) groups is 1. The predicted molar refractivity (Wildman–Crippen MR) is 90.5 cm³/mol. The molecule has 0 heterocycles. The molecule has 0 spiro atoms. The molecule has 1 saturated carbocycles. The lowest BCUT2D eigenvalue weighted by atomic mass is 10.1. The number of nitrogens with one attached hydrogen (secondary N) is 1. The van der Waals surface area contributed by atoms with Crippen LogP contribution in [0.4, 0.5) is 4.79 Å². The largest absolute Gasteiger partial charge is 0.494 e. The Morgan fingerprint density at radius 1 is 1.48 bits per heavy atom. The lowest BCUT2D eigenvalue weighted by molar-refractivity contribution is 0.113. The Balaban J connectivity index is 1.89. The van der Waals surface area contributed by atoms with Crippen molar-refractivity contribution in [2.45, 2.75) is 45.3 Å². The number of aliphatic hydroxyl groups is 1. The van der Waals surface area contributed by atoms with Crippen LogP contribution in [0, 0.1) is 5.92 Å². The fourth-order valence-corrected chi connectivity index (χ4v) is 3.08. The van der Waals surface area contributed by atoms with Crippen LogP contribution in [0.25, 0.3) is 0 Å². The number of rotatable bonds is 6. The van der Waals surface area contributed by atoms with Gasteiger partial charge in [0.1, 0.15) is 5.75 Å². The van der Waals surface area contributed by atoms with Crippen molar-refractivity contribution in [1.82, 2.24) is 10.2 Å². The second-order valence-corrected chi connectivity index (χ2v) is 6.32. The average Bonchev–Trinajstić information content (AvgIpc) is 2.93. The highest BCUT2D eigenvalue weighted by molar-refractivity contribution is 5.74. The van der Waals surface area contributed by atoms with Gasteiger partial charge in [0.2, 0.25) is 0 Å². The average molecular weight is 320 g/mol. The molecule has 23 heavy (non-hydrogen) atoms. The van der Waals surface area contributed by atoms with Gasteiger partial charge in [0.05, 0.1) is 18.8 Å². The molecule has 2 N–H and O–H groups in total. The summed E-state index contributed by atoms with van der Waals surface area (Å²) in [6.45, 7) is 5.13. The van der Waals surface area contributed by atoms with Gasteiger partial charge in [-0.15, -0.1) is 0 Å². The highest BCUT2D eigenvalue weighted by atomic mass is 16.5. The summed E-state index contributed by atoms with van der Waals surface area (Å²) in [6.07, 6.45) is 2.61. The number of urea groups is 1. The lowest BCUT2D eigenvalue weighted by Gasteiger charge is -2.25. The molecular weight excluding hydrogens is 292 g/mol. The van der Waals surface area contributed by atoms with Crippen molar-refractivity contribution in [3.05, 3.63) is 29.8 Å². The monoisotopic (exact) mass is 320 g/mol. The summed E-state index contributed by atoms with van der Waals surface area (Å²) >= 11 is 0. The van der Waals surface area contributed by atoms with E-state index in [0.29, 0.717) is 13.2 Å². The maximum Gasteiger partial charge on any atom is 0.317 e. The van der Waals surface area contributed by atoms with E-state index in [2.05, 4.69) is 5.32 Å². The van der Waals surface area contributed by atoms with E-state index in [1.165, 1.54) is 0 Å². The SMILES string of the molecule is CCOc1cccc(C(C)NC(=O)N(C)CC2CCCC2O)c1. The minimum absolute atomic E-state index is 0.0983. The van der Waals surface area contributed by atoms with Crippen LogP contribution in [-0.4, -0.2) is 42.3 Å². The first-order valence-electron chi connectivity index (χ1n) is 8.43. The van der Waals surface area contributed by atoms with Crippen LogP contribution in [0.5, 0.6) is 5.75 Å². The van der Waals surface area contributed by atoms with Gasteiger partial charge in [0.15, 0.2) is 0 Å². The van der Waals surface area contributed by atoms with E-state index in [9.17, 15) is 9.90 Å². The normalized spacial score (nSPS) is 21.7. The smallest absolute Gasteiger partial charge is 0.317 e. The van der Waals surface area contributed by atoms with Gasteiger partial charge in [-0.2, -0.15) is 0 Å². The summed E-state index contributed by atoms with van der Waals surface area (Å²) in [5.41, 5.74) is 1.01. The first-order chi connectivity index (χ1) is 11.0. The Kier molecular flexibility index (Phi) is 6.28. The van der Waals surface area contributed by atoms with Crippen molar-refractivity contribution in [2.24, 2.45) is 5.92 Å². The van der Waals surface area contributed by atoms with Crippen molar-refractivity contribution in [3.63, 3.8) is 0 Å². The van der Waals surface area contributed by atoms with Gasteiger partial charge in [0.25, 0.3) is 0 Å². The fraction of sp³-hybridized carbons (Fsp3) is 0.611. The van der Waals surface area contributed by atoms with Crippen LogP contribution >= 0.6 is 0 Å². The molecule has 3 atom stereocenters.